The zero-order chi connectivity index (χ0) is 61.7. The quantitative estimate of drug-likeness (QED) is 0.0819. The zero-order valence-corrected chi connectivity index (χ0v) is 45.5. The summed E-state index contributed by atoms with van der Waals surface area (Å²) >= 11 is 0.954. The number of hydrogen-bond acceptors (Lipinski definition) is 38. The zero-order valence-electron chi connectivity index (χ0n) is 44.7. The molecule has 23 heterocycles. The molecule has 21 N–H and O–H groups in total. The van der Waals surface area contributed by atoms with E-state index in [4.69, 9.17) is 66.3 Å². The molecule has 21 aliphatic rings. The number of nitrogens with one attached hydrogen (secondary N) is 1. The second kappa shape index (κ2) is 28.2. The lowest BCUT2D eigenvalue weighted by Gasteiger charge is -2.50. The molecule has 86 heavy (non-hydrogen) atoms. The standard InChI is InChI=1S/C47H72N4O34S/c52-1-10-32-19(59)26(66)42(73-10)81-34-12(3-54)75-44(28(68)21(34)61)83-36-14(5-56)77-46(30(70)23(36)63)85-38-16(7-86-40-17-39(49-8-48-17)50-9-51-40)78-47(31(71)24(38)64)84-37-15(6-57)76-45(29(69)22(37)62)82-35-13(4-55)74-43(27(67)20(35)60)80-33-11(2-53)72-41(79-32)25(65)18(33)58/h8-16,18-38,41-47,52-71H,1-7H2,(H,48,49,50,51)/t10-,11-,12-,13-,14-,15-,16-,18-,19-,20-,21-,22-,23-,24-,25-,26-,27-,28-,29-,30-,31-,32-,33-,34-,35-,36-,37-,38-,41-,42-,43-,44-,45-,46-,47-/m1/s1. The molecule has 0 radical (unpaired) electrons. The van der Waals surface area contributed by atoms with Crippen LogP contribution in [0, 0.1) is 0 Å². The van der Waals surface area contributed by atoms with Crippen LogP contribution in [-0.2, 0) is 66.3 Å². The summed E-state index contributed by atoms with van der Waals surface area (Å²) < 4.78 is 81.5. The van der Waals surface area contributed by atoms with Crippen LogP contribution in [0.2, 0.25) is 0 Å². The number of H-pyrrole nitrogens is 1. The van der Waals surface area contributed by atoms with Crippen LogP contribution in [0.4, 0.5) is 0 Å². The van der Waals surface area contributed by atoms with E-state index in [1.807, 2.05) is 0 Å². The number of hydrogen-bond donors (Lipinski definition) is 21. The fraction of sp³-hybridized carbons (Fsp3) is 0.894. The van der Waals surface area contributed by atoms with Crippen LogP contribution < -0.4 is 0 Å². The normalized spacial score (nSPS) is 50.9. The summed E-state index contributed by atoms with van der Waals surface area (Å²) in [4.78, 5) is 15.3. The molecule has 21 fully saturated rings. The van der Waals surface area contributed by atoms with Crippen LogP contribution in [0.3, 0.4) is 0 Å². The molecule has 2 aromatic heterocycles. The van der Waals surface area contributed by atoms with Gasteiger partial charge in [-0.05, 0) is 0 Å². The lowest BCUT2D eigenvalue weighted by atomic mass is 9.95. The van der Waals surface area contributed by atoms with Crippen LogP contribution in [0.15, 0.2) is 17.7 Å². The molecular weight excluding hydrogens is 1200 g/mol. The molecule has 0 spiro atoms. The average Bonchev–Trinajstić information content (AvgIpc) is 1.28. The lowest BCUT2D eigenvalue weighted by molar-refractivity contribution is -0.396. The Morgan fingerprint density at radius 1 is 0.302 bits per heavy atom. The molecule has 0 saturated carbocycles. The molecule has 38 nitrogen and oxygen atoms in total. The van der Waals surface area contributed by atoms with Crippen LogP contribution >= 0.6 is 11.8 Å². The number of aromatic amines is 1. The van der Waals surface area contributed by atoms with Crippen molar-refractivity contribution >= 4 is 22.9 Å². The monoisotopic (exact) mass is 1270 g/mol. The van der Waals surface area contributed by atoms with Crippen molar-refractivity contribution < 1.29 is 168 Å². The Hall–Kier alpha value is -2.46. The van der Waals surface area contributed by atoms with Gasteiger partial charge in [-0.2, -0.15) is 0 Å². The van der Waals surface area contributed by atoms with E-state index < -0.39 is 255 Å². The summed E-state index contributed by atoms with van der Waals surface area (Å²) in [7, 11) is 0. The van der Waals surface area contributed by atoms with Crippen molar-refractivity contribution in [2.45, 2.75) is 220 Å². The van der Waals surface area contributed by atoms with Gasteiger partial charge < -0.3 is 173 Å². The van der Waals surface area contributed by atoms with Gasteiger partial charge in [-0.3, -0.25) is 0 Å². The van der Waals surface area contributed by atoms with Gasteiger partial charge in [0.05, 0.1) is 52.1 Å². The SMILES string of the molecule is OC[C@H]1O[C@@H]2O[C@H]3[C@H](O)[C@@H](O)[C@@H](O[C@H]4[C@H](O)[C@@H](O)[C@@H](O[C@H]5[C@H](O)[C@@H](O)[C@@H](O[C@H]6[C@H](O)[C@@H](O)[C@@H](O[C@H]7[C@H](O)[C@@H](O)[C@@H](O[C@H]8[C@H](O)[C@@H](O)[C@@H](O[C@H]1[C@H](O)[C@H]2O)O[C@@H]8CO)O[C@@H]7CO)O[C@@H]6CO)O[C@@H]5CSc1ncnc2nc[nH]c12)O[C@@H]4CO)O[C@@H]3CO. The van der Waals surface area contributed by atoms with Crippen LogP contribution in [-0.4, -0.2) is 382 Å². The maximum atomic E-state index is 11.9. The first-order valence-electron chi connectivity index (χ1n) is 27.3. The first-order chi connectivity index (χ1) is 41.2. The third-order valence-electron chi connectivity index (χ3n) is 16.2. The summed E-state index contributed by atoms with van der Waals surface area (Å²) in [5, 5.41) is 224. The van der Waals surface area contributed by atoms with Gasteiger partial charge in [-0.25, -0.2) is 15.0 Å². The Labute approximate surface area is 488 Å². The minimum Gasteiger partial charge on any atom is -0.394 e. The first kappa shape index (κ1) is 66.5. The molecule has 39 heteroatoms. The van der Waals surface area contributed by atoms with Crippen molar-refractivity contribution in [2.75, 3.05) is 45.4 Å². The van der Waals surface area contributed by atoms with Crippen molar-refractivity contribution in [3.05, 3.63) is 12.7 Å². The van der Waals surface area contributed by atoms with Gasteiger partial charge >= 0.3 is 0 Å². The van der Waals surface area contributed by atoms with Gasteiger partial charge in [0.1, 0.15) is 182 Å². The number of imidazole rings is 1. The Bertz CT molecular complexity index is 2460. The van der Waals surface area contributed by atoms with E-state index >= 15 is 0 Å². The lowest BCUT2D eigenvalue weighted by Crippen LogP contribution is -2.68. The number of aliphatic hydroxyl groups is 20. The second-order valence-corrected chi connectivity index (χ2v) is 22.6. The van der Waals surface area contributed by atoms with Crippen molar-refractivity contribution in [3.8, 4) is 0 Å². The van der Waals surface area contributed by atoms with Crippen LogP contribution in [0.5, 0.6) is 0 Å². The molecule has 0 aliphatic carbocycles. The molecule has 23 rings (SSSR count). The largest absolute Gasteiger partial charge is 0.394 e. The molecule has 0 aromatic carbocycles. The predicted molar refractivity (Wildman–Crippen MR) is 264 cm³/mol. The maximum absolute atomic E-state index is 11.9. The molecule has 0 amide bonds. The van der Waals surface area contributed by atoms with E-state index in [1.54, 1.807) is 0 Å². The van der Waals surface area contributed by atoms with Gasteiger partial charge in [0.15, 0.2) is 49.7 Å². The molecule has 2 aromatic rings. The summed E-state index contributed by atoms with van der Waals surface area (Å²) in [5.41, 5.74) is 0.595. The van der Waals surface area contributed by atoms with Gasteiger partial charge in [0, 0.05) is 5.75 Å². The molecule has 490 valence electrons. The minimum absolute atomic E-state index is 0.244. The van der Waals surface area contributed by atoms with E-state index in [1.165, 1.54) is 12.7 Å². The van der Waals surface area contributed by atoms with Crippen LogP contribution in [0.1, 0.15) is 0 Å². The number of aromatic nitrogens is 4. The predicted octanol–water partition coefficient (Wildman–Crippen LogP) is -13.8. The van der Waals surface area contributed by atoms with Gasteiger partial charge in [-0.15, -0.1) is 11.8 Å². The van der Waals surface area contributed by atoms with E-state index in [0.717, 1.165) is 11.8 Å². The minimum atomic E-state index is -2.22. The fourth-order valence-corrected chi connectivity index (χ4v) is 12.4. The second-order valence-electron chi connectivity index (χ2n) is 21.6. The topological polar surface area (TPSA) is 588 Å². The summed E-state index contributed by atoms with van der Waals surface area (Å²) in [5.74, 6) is -0.292. The number of rotatable bonds is 9. The highest BCUT2D eigenvalue weighted by Gasteiger charge is 2.59. The van der Waals surface area contributed by atoms with E-state index in [-0.39, 0.29) is 16.4 Å². The molecule has 21 saturated heterocycles. The third kappa shape index (κ3) is 12.9. The van der Waals surface area contributed by atoms with Gasteiger partial charge in [0.25, 0.3) is 0 Å². The van der Waals surface area contributed by atoms with Gasteiger partial charge in [-0.1, -0.05) is 0 Å². The van der Waals surface area contributed by atoms with E-state index in [0.29, 0.717) is 5.52 Å². The summed E-state index contributed by atoms with van der Waals surface area (Å²) in [6.45, 7) is -6.28. The number of nitrogens with zero attached hydrogens (tertiary/aromatic N) is 3. The smallest absolute Gasteiger partial charge is 0.187 e. The molecule has 21 aliphatic heterocycles. The van der Waals surface area contributed by atoms with Crippen molar-refractivity contribution in [3.63, 3.8) is 0 Å². The van der Waals surface area contributed by atoms with E-state index in [9.17, 15) is 102 Å². The third-order valence-corrected chi connectivity index (χ3v) is 17.3. The first-order valence-corrected chi connectivity index (χ1v) is 28.3. The highest BCUT2D eigenvalue weighted by atomic mass is 32.2. The van der Waals surface area contributed by atoms with Crippen molar-refractivity contribution in [1.82, 2.24) is 19.9 Å². The van der Waals surface area contributed by atoms with Gasteiger partial charge in [0.2, 0.25) is 0 Å². The molecule has 35 atom stereocenters. The Morgan fingerprint density at radius 2 is 0.535 bits per heavy atom. The maximum Gasteiger partial charge on any atom is 0.187 e. The van der Waals surface area contributed by atoms with E-state index in [2.05, 4.69) is 19.9 Å². The van der Waals surface area contributed by atoms with Crippen molar-refractivity contribution in [1.29, 1.82) is 0 Å². The Balaban J connectivity index is 0.951. The number of aliphatic hydroxyl groups excluding tert-OH is 20. The molecule has 0 unspecified atom stereocenters. The summed E-state index contributed by atoms with van der Waals surface area (Å²) in [6.07, 6.45) is -67.5. The highest BCUT2D eigenvalue weighted by Crippen LogP contribution is 2.40. The van der Waals surface area contributed by atoms with Crippen LogP contribution in [0.25, 0.3) is 11.2 Å². The van der Waals surface area contributed by atoms with Crippen molar-refractivity contribution in [2.24, 2.45) is 0 Å². The number of thioether (sulfide) groups is 1. The highest BCUT2D eigenvalue weighted by molar-refractivity contribution is 7.99. The number of ether oxygens (including phenoxy) is 14. The number of fused-ring (bicyclic) bond motifs is 1. The molecule has 14 bridgehead atoms. The Morgan fingerprint density at radius 3 is 0.779 bits per heavy atom. The average molecular weight is 1270 g/mol. The summed E-state index contributed by atoms with van der Waals surface area (Å²) in [6, 6.07) is 0. The fourth-order valence-electron chi connectivity index (χ4n) is 11.4. The Kier molecular flexibility index (Phi) is 21.8. The molecular formula is C47H72N4O34S.